The zero-order chi connectivity index (χ0) is 29.0. The molecule has 0 spiro atoms. The summed E-state index contributed by atoms with van der Waals surface area (Å²) in [7, 11) is 3.25. The van der Waals surface area contributed by atoms with Gasteiger partial charge in [-0.25, -0.2) is 0 Å². The molecule has 230 valence electrons. The van der Waals surface area contributed by atoms with Gasteiger partial charge in [0.05, 0.1) is 37.9 Å². The van der Waals surface area contributed by atoms with E-state index in [2.05, 4.69) is 5.32 Å². The molecule has 0 amide bonds. The minimum Gasteiger partial charge on any atom is -0.394 e. The number of nitrogens with two attached hydrogens (primary N) is 1. The fourth-order valence-corrected chi connectivity index (χ4v) is 5.19. The molecule has 3 aliphatic heterocycles. The maximum absolute atomic E-state index is 11.4. The normalized spacial score (nSPS) is 47.5. The van der Waals surface area contributed by atoms with Crippen LogP contribution in [0.4, 0.5) is 0 Å². The summed E-state index contributed by atoms with van der Waals surface area (Å²) in [5.74, 6) is 0. The standard InChI is InChI=1S/C23H45N3O13/c1-4-5-25-13-17(32)15(30)9(6-27)36-22(13)38-20-11(8-29)37-23(14(18(20)33)26(2)3)39-19-10(7-28)35-21(34)12(24)16(19)31/h9-23,25,27-34H,4-8,24H2,1-3H3/t9-,10-,11-,12-,13-,14-,15-,16-,17-,18-,19?,20?,21-,22+,23+/m1/s1. The Labute approximate surface area is 226 Å². The third-order valence-electron chi connectivity index (χ3n) is 7.43. The fourth-order valence-electron chi connectivity index (χ4n) is 5.19. The highest BCUT2D eigenvalue weighted by atomic mass is 16.7. The van der Waals surface area contributed by atoms with E-state index in [1.165, 1.54) is 0 Å². The second-order valence-electron chi connectivity index (χ2n) is 10.4. The Morgan fingerprint density at radius 1 is 0.744 bits per heavy atom. The average molecular weight is 572 g/mol. The Morgan fingerprint density at radius 3 is 1.85 bits per heavy atom. The number of rotatable bonds is 11. The molecule has 0 aromatic carbocycles. The van der Waals surface area contributed by atoms with Crippen LogP contribution in [0.25, 0.3) is 0 Å². The molecule has 0 bridgehead atoms. The molecule has 0 radical (unpaired) electrons. The molecule has 3 fully saturated rings. The van der Waals surface area contributed by atoms with Crippen molar-refractivity contribution in [2.45, 2.75) is 105 Å². The van der Waals surface area contributed by atoms with E-state index >= 15 is 0 Å². The molecule has 3 aliphatic rings. The lowest BCUT2D eigenvalue weighted by molar-refractivity contribution is -0.358. The number of nitrogens with zero attached hydrogens (tertiary/aromatic N) is 1. The summed E-state index contributed by atoms with van der Waals surface area (Å²) in [6.45, 7) is 0.489. The summed E-state index contributed by atoms with van der Waals surface area (Å²) >= 11 is 0. The number of likely N-dealkylation sites (N-methyl/N-ethyl adjacent to an activating group) is 1. The molecule has 2 unspecified atom stereocenters. The Balaban J connectivity index is 1.84. The van der Waals surface area contributed by atoms with Gasteiger partial charge < -0.3 is 75.6 Å². The lowest BCUT2D eigenvalue weighted by atomic mass is 9.93. The van der Waals surface area contributed by atoms with E-state index in [9.17, 15) is 40.9 Å². The predicted octanol–water partition coefficient (Wildman–Crippen LogP) is -6.03. The summed E-state index contributed by atoms with van der Waals surface area (Å²) in [5, 5.41) is 85.6. The van der Waals surface area contributed by atoms with E-state index < -0.39 is 112 Å². The summed E-state index contributed by atoms with van der Waals surface area (Å²) in [5.41, 5.74) is 5.80. The number of hydrogen-bond acceptors (Lipinski definition) is 16. The highest BCUT2D eigenvalue weighted by Crippen LogP contribution is 2.33. The van der Waals surface area contributed by atoms with Crippen molar-refractivity contribution >= 4 is 0 Å². The van der Waals surface area contributed by atoms with E-state index in [0.29, 0.717) is 13.0 Å². The highest BCUT2D eigenvalue weighted by molar-refractivity contribution is 4.99. The van der Waals surface area contributed by atoms with Gasteiger partial charge in [0.2, 0.25) is 0 Å². The monoisotopic (exact) mass is 571 g/mol. The van der Waals surface area contributed by atoms with E-state index in [4.69, 9.17) is 29.4 Å². The number of aliphatic hydroxyl groups excluding tert-OH is 8. The number of hydrogen-bond donors (Lipinski definition) is 10. The van der Waals surface area contributed by atoms with Gasteiger partial charge >= 0.3 is 0 Å². The Morgan fingerprint density at radius 2 is 1.28 bits per heavy atom. The SMILES string of the molecule is CCCN[C@H]1[C@H](OC2[C@@H](CO)O[C@@H](OC3[C@@H](CO)O[C@@H](O)[C@H](N)[C@H]3O)[C@H](N(C)C)[C@H]2O)O[C@H](CO)[C@@H](O)[C@@H]1O. The predicted molar refractivity (Wildman–Crippen MR) is 131 cm³/mol. The molecular formula is C23H45N3O13. The van der Waals surface area contributed by atoms with Gasteiger partial charge in [-0.2, -0.15) is 0 Å². The third kappa shape index (κ3) is 7.06. The van der Waals surface area contributed by atoms with E-state index in [1.54, 1.807) is 19.0 Å². The van der Waals surface area contributed by atoms with Gasteiger partial charge in [0.25, 0.3) is 0 Å². The minimum atomic E-state index is -1.54. The molecule has 0 saturated carbocycles. The van der Waals surface area contributed by atoms with Crippen molar-refractivity contribution in [1.29, 1.82) is 0 Å². The number of nitrogens with one attached hydrogen (secondary N) is 1. The third-order valence-corrected chi connectivity index (χ3v) is 7.43. The van der Waals surface area contributed by atoms with E-state index in [1.807, 2.05) is 6.92 Å². The second-order valence-corrected chi connectivity index (χ2v) is 10.4. The zero-order valence-corrected chi connectivity index (χ0v) is 22.3. The molecule has 3 rings (SSSR count). The maximum atomic E-state index is 11.4. The Bertz CT molecular complexity index is 739. The minimum absolute atomic E-state index is 0.444. The lowest BCUT2D eigenvalue weighted by Crippen LogP contribution is -2.70. The zero-order valence-electron chi connectivity index (χ0n) is 22.3. The first-order valence-electron chi connectivity index (χ1n) is 13.2. The summed E-state index contributed by atoms with van der Waals surface area (Å²) < 4.78 is 29.0. The van der Waals surface area contributed by atoms with Gasteiger partial charge in [-0.05, 0) is 27.1 Å². The fraction of sp³-hybridized carbons (Fsp3) is 1.00. The molecule has 15 atom stereocenters. The molecule has 39 heavy (non-hydrogen) atoms. The van der Waals surface area contributed by atoms with Crippen molar-refractivity contribution in [3.8, 4) is 0 Å². The largest absolute Gasteiger partial charge is 0.394 e. The molecule has 0 aromatic rings. The van der Waals surface area contributed by atoms with Crippen molar-refractivity contribution < 1.29 is 64.5 Å². The smallest absolute Gasteiger partial charge is 0.176 e. The summed E-state index contributed by atoms with van der Waals surface area (Å²) in [6.07, 6.45) is -15.0. The molecule has 3 saturated heterocycles. The van der Waals surface area contributed by atoms with Gasteiger partial charge in [0.1, 0.15) is 54.9 Å². The van der Waals surface area contributed by atoms with Crippen LogP contribution in [0.15, 0.2) is 0 Å². The number of ether oxygens (including phenoxy) is 5. The Hall–Kier alpha value is -0.640. The molecule has 3 heterocycles. The Kier molecular flexibility index (Phi) is 12.2. The molecule has 16 heteroatoms. The second kappa shape index (κ2) is 14.5. The highest BCUT2D eigenvalue weighted by Gasteiger charge is 2.54. The van der Waals surface area contributed by atoms with Gasteiger partial charge in [-0.3, -0.25) is 4.90 Å². The first-order valence-corrected chi connectivity index (χ1v) is 13.2. The molecule has 0 aromatic heterocycles. The van der Waals surface area contributed by atoms with Crippen LogP contribution in [0, 0.1) is 0 Å². The van der Waals surface area contributed by atoms with Crippen LogP contribution in [-0.2, 0) is 23.7 Å². The molecule has 16 nitrogen and oxygen atoms in total. The van der Waals surface area contributed by atoms with Gasteiger partial charge in [-0.15, -0.1) is 0 Å². The van der Waals surface area contributed by atoms with Crippen molar-refractivity contribution in [3.05, 3.63) is 0 Å². The molecular weight excluding hydrogens is 526 g/mol. The topological polar surface area (TPSA) is 249 Å². The van der Waals surface area contributed by atoms with Crippen LogP contribution >= 0.6 is 0 Å². The van der Waals surface area contributed by atoms with Crippen LogP contribution in [0.5, 0.6) is 0 Å². The van der Waals surface area contributed by atoms with Crippen LogP contribution < -0.4 is 11.1 Å². The van der Waals surface area contributed by atoms with Gasteiger partial charge in [0, 0.05) is 0 Å². The van der Waals surface area contributed by atoms with Crippen molar-refractivity contribution in [2.24, 2.45) is 5.73 Å². The van der Waals surface area contributed by atoms with Gasteiger partial charge in [-0.1, -0.05) is 6.92 Å². The maximum Gasteiger partial charge on any atom is 0.176 e. The summed E-state index contributed by atoms with van der Waals surface area (Å²) in [4.78, 5) is 1.57. The van der Waals surface area contributed by atoms with Crippen molar-refractivity contribution in [2.75, 3.05) is 40.5 Å². The van der Waals surface area contributed by atoms with Gasteiger partial charge in [0.15, 0.2) is 18.9 Å². The first kappa shape index (κ1) is 32.9. The van der Waals surface area contributed by atoms with Crippen LogP contribution in [0.3, 0.4) is 0 Å². The number of aliphatic hydroxyl groups is 8. The van der Waals surface area contributed by atoms with E-state index in [0.717, 1.165) is 0 Å². The van der Waals surface area contributed by atoms with Crippen LogP contribution in [0.1, 0.15) is 13.3 Å². The average Bonchev–Trinajstić information content (AvgIpc) is 2.91. The quantitative estimate of drug-likeness (QED) is 0.111. The van der Waals surface area contributed by atoms with Crippen LogP contribution in [-0.4, -0.2) is 178 Å². The molecule has 0 aliphatic carbocycles. The molecule has 11 N–H and O–H groups in total. The lowest BCUT2D eigenvalue weighted by Gasteiger charge is -2.51. The van der Waals surface area contributed by atoms with Crippen LogP contribution in [0.2, 0.25) is 0 Å². The summed E-state index contributed by atoms with van der Waals surface area (Å²) in [6, 6.07) is -3.14. The van der Waals surface area contributed by atoms with E-state index in [-0.39, 0.29) is 0 Å². The van der Waals surface area contributed by atoms with Crippen molar-refractivity contribution in [3.63, 3.8) is 0 Å². The van der Waals surface area contributed by atoms with Crippen molar-refractivity contribution in [1.82, 2.24) is 10.2 Å². The first-order chi connectivity index (χ1) is 18.5.